The largest absolute Gasteiger partial charge is 0.472 e. The summed E-state index contributed by atoms with van der Waals surface area (Å²) in [7, 11) is -4.35. The maximum atomic E-state index is 15.0. The number of nitrogens with two attached hydrogens (primary N) is 1. The number of hydrogen-bond donors (Lipinski definition) is 2. The highest BCUT2D eigenvalue weighted by Crippen LogP contribution is 2.39. The quantitative estimate of drug-likeness (QED) is 0.601. The number of aromatic nitrogens is 2. The Hall–Kier alpha value is -2.95. The highest BCUT2D eigenvalue weighted by atomic mass is 32.2. The number of amides is 1. The lowest BCUT2D eigenvalue weighted by Gasteiger charge is -2.34. The number of anilines is 2. The molecule has 0 aromatic carbocycles. The zero-order valence-corrected chi connectivity index (χ0v) is 21.1. The zero-order valence-electron chi connectivity index (χ0n) is 20.3. The van der Waals surface area contributed by atoms with E-state index in [9.17, 15) is 13.2 Å². The molecule has 3 N–H and O–H groups in total. The van der Waals surface area contributed by atoms with E-state index in [2.05, 4.69) is 16.9 Å². The molecule has 9 nitrogen and oxygen atoms in total. The lowest BCUT2D eigenvalue weighted by Crippen LogP contribution is -2.41. The van der Waals surface area contributed by atoms with Crippen molar-refractivity contribution in [2.75, 3.05) is 17.2 Å². The first-order chi connectivity index (χ1) is 15.7. The summed E-state index contributed by atoms with van der Waals surface area (Å²) in [5.74, 6) is -1.57. The summed E-state index contributed by atoms with van der Waals surface area (Å²) in [6, 6.07) is 5.01. The van der Waals surface area contributed by atoms with E-state index in [4.69, 9.17) is 10.5 Å². The van der Waals surface area contributed by atoms with Gasteiger partial charge in [-0.05, 0) is 57.2 Å². The number of hydrogen-bond acceptors (Lipinski definition) is 8. The molecule has 11 heteroatoms. The van der Waals surface area contributed by atoms with Gasteiger partial charge in [0.1, 0.15) is 17.7 Å². The van der Waals surface area contributed by atoms with Crippen LogP contribution < -0.4 is 20.1 Å². The molecule has 1 aliphatic heterocycles. The SMILES string of the molecule is CC(C)[C@@H](C)Oc1nc(N2C[C@@H](C)CC2(C)C)c(C(=O)NS(=O)(=O)c2cccc(N)n2)cc1F. The smallest absolute Gasteiger partial charge is 0.281 e. The predicted octanol–water partition coefficient (Wildman–Crippen LogP) is 3.36. The van der Waals surface area contributed by atoms with Crippen molar-refractivity contribution < 1.29 is 22.3 Å². The van der Waals surface area contributed by atoms with Gasteiger partial charge >= 0.3 is 0 Å². The van der Waals surface area contributed by atoms with Crippen molar-refractivity contribution >= 4 is 27.6 Å². The Morgan fingerprint density at radius 1 is 1.29 bits per heavy atom. The van der Waals surface area contributed by atoms with Crippen LogP contribution in [0.1, 0.15) is 58.3 Å². The molecular formula is C23H32FN5O4S. The maximum Gasteiger partial charge on any atom is 0.281 e. The zero-order chi connectivity index (χ0) is 25.4. The first-order valence-electron chi connectivity index (χ1n) is 11.2. The third-order valence-electron chi connectivity index (χ3n) is 5.98. The Balaban J connectivity index is 2.06. The van der Waals surface area contributed by atoms with Crippen LogP contribution in [0.5, 0.6) is 5.88 Å². The van der Waals surface area contributed by atoms with Gasteiger partial charge in [-0.2, -0.15) is 13.4 Å². The van der Waals surface area contributed by atoms with Crippen LogP contribution in [-0.2, 0) is 10.0 Å². The van der Waals surface area contributed by atoms with Crippen LogP contribution in [0.15, 0.2) is 29.3 Å². The van der Waals surface area contributed by atoms with Crippen LogP contribution in [0, 0.1) is 17.7 Å². The number of ether oxygens (including phenoxy) is 1. The molecular weight excluding hydrogens is 461 g/mol. The molecule has 1 aliphatic rings. The van der Waals surface area contributed by atoms with Crippen molar-refractivity contribution in [3.63, 3.8) is 0 Å². The summed E-state index contributed by atoms with van der Waals surface area (Å²) in [5.41, 5.74) is 4.97. The third-order valence-corrected chi connectivity index (χ3v) is 7.21. The number of nitrogen functional groups attached to an aromatic ring is 1. The van der Waals surface area contributed by atoms with Crippen LogP contribution in [0.4, 0.5) is 16.0 Å². The van der Waals surface area contributed by atoms with Gasteiger partial charge in [0.25, 0.3) is 21.8 Å². The average molecular weight is 494 g/mol. The molecule has 3 rings (SSSR count). The molecule has 2 aromatic rings. The van der Waals surface area contributed by atoms with Crippen LogP contribution in [0.3, 0.4) is 0 Å². The molecule has 1 fully saturated rings. The van der Waals surface area contributed by atoms with E-state index in [1.807, 2.05) is 37.3 Å². The normalized spacial score (nSPS) is 18.7. The van der Waals surface area contributed by atoms with Crippen molar-refractivity contribution in [1.29, 1.82) is 0 Å². The molecule has 186 valence electrons. The highest BCUT2D eigenvalue weighted by molar-refractivity contribution is 7.90. The van der Waals surface area contributed by atoms with Gasteiger partial charge in [0.15, 0.2) is 10.8 Å². The summed E-state index contributed by atoms with van der Waals surface area (Å²) in [4.78, 5) is 23.2. The second-order valence-electron chi connectivity index (χ2n) is 9.78. The Morgan fingerprint density at radius 2 is 1.97 bits per heavy atom. The second-order valence-corrected chi connectivity index (χ2v) is 11.4. The molecule has 0 radical (unpaired) electrons. The number of halogens is 1. The van der Waals surface area contributed by atoms with E-state index >= 15 is 4.39 Å². The van der Waals surface area contributed by atoms with Crippen LogP contribution >= 0.6 is 0 Å². The molecule has 34 heavy (non-hydrogen) atoms. The number of sulfonamides is 1. The van der Waals surface area contributed by atoms with Gasteiger partial charge < -0.3 is 15.4 Å². The fourth-order valence-corrected chi connectivity index (χ4v) is 4.94. The minimum absolute atomic E-state index is 0.0164. The number of pyridine rings is 2. The highest BCUT2D eigenvalue weighted by Gasteiger charge is 2.40. The summed E-state index contributed by atoms with van der Waals surface area (Å²) < 4.78 is 48.2. The second kappa shape index (κ2) is 9.36. The van der Waals surface area contributed by atoms with Crippen molar-refractivity contribution in [2.45, 2.75) is 64.6 Å². The number of rotatable bonds is 7. The number of carbonyl (C=O) groups excluding carboxylic acids is 1. The van der Waals surface area contributed by atoms with Crippen molar-refractivity contribution in [1.82, 2.24) is 14.7 Å². The fraction of sp³-hybridized carbons (Fsp3) is 0.522. The van der Waals surface area contributed by atoms with E-state index in [-0.39, 0.29) is 41.0 Å². The van der Waals surface area contributed by atoms with Gasteiger partial charge in [0.05, 0.1) is 5.56 Å². The number of nitrogens with one attached hydrogen (secondary N) is 1. The van der Waals surface area contributed by atoms with Crippen molar-refractivity contribution in [3.8, 4) is 5.88 Å². The number of nitrogens with zero attached hydrogens (tertiary/aromatic N) is 3. The minimum atomic E-state index is -4.35. The average Bonchev–Trinajstić information content (AvgIpc) is 3.00. The van der Waals surface area contributed by atoms with E-state index in [0.717, 1.165) is 12.5 Å². The first kappa shape index (κ1) is 25.7. The van der Waals surface area contributed by atoms with E-state index in [1.54, 1.807) is 6.92 Å². The van der Waals surface area contributed by atoms with Crippen LogP contribution in [0.2, 0.25) is 0 Å². The van der Waals surface area contributed by atoms with E-state index in [0.29, 0.717) is 6.54 Å². The lowest BCUT2D eigenvalue weighted by atomic mass is 9.97. The summed E-state index contributed by atoms with van der Waals surface area (Å²) in [6.45, 7) is 12.3. The monoisotopic (exact) mass is 493 g/mol. The fourth-order valence-electron chi connectivity index (χ4n) is 4.00. The van der Waals surface area contributed by atoms with Crippen LogP contribution in [0.25, 0.3) is 0 Å². The van der Waals surface area contributed by atoms with E-state index in [1.165, 1.54) is 18.2 Å². The summed E-state index contributed by atoms with van der Waals surface area (Å²) >= 11 is 0. The molecule has 1 amide bonds. The van der Waals surface area contributed by atoms with Gasteiger partial charge in [-0.3, -0.25) is 4.79 Å². The Bertz CT molecular complexity index is 1190. The standard InChI is InChI=1S/C23H32FN5O4S/c1-13(2)15(4)33-22-17(24)10-16(20(27-22)29-12-14(3)11-23(29,5)6)21(30)28-34(31,32)19-9-7-8-18(25)26-19/h7-10,13-15H,11-12H2,1-6H3,(H2,25,26)(H,28,30)/t14-,15+/m0/s1. The van der Waals surface area contributed by atoms with Gasteiger partial charge in [0, 0.05) is 12.1 Å². The Kier molecular flexibility index (Phi) is 7.07. The Labute approximate surface area is 200 Å². The molecule has 0 unspecified atom stereocenters. The summed E-state index contributed by atoms with van der Waals surface area (Å²) in [5, 5.41) is -0.420. The first-order valence-corrected chi connectivity index (χ1v) is 12.6. The topological polar surface area (TPSA) is 128 Å². The van der Waals surface area contributed by atoms with Gasteiger partial charge in [0.2, 0.25) is 0 Å². The summed E-state index contributed by atoms with van der Waals surface area (Å²) in [6.07, 6.45) is 0.493. The van der Waals surface area contributed by atoms with Crippen molar-refractivity contribution in [2.24, 2.45) is 11.8 Å². The number of carbonyl (C=O) groups is 1. The van der Waals surface area contributed by atoms with Gasteiger partial charge in [-0.25, -0.2) is 14.1 Å². The molecule has 0 bridgehead atoms. The predicted molar refractivity (Wildman–Crippen MR) is 128 cm³/mol. The molecule has 0 saturated carbocycles. The lowest BCUT2D eigenvalue weighted by molar-refractivity contribution is 0.0980. The molecule has 0 spiro atoms. The maximum absolute atomic E-state index is 15.0. The third kappa shape index (κ3) is 5.40. The van der Waals surface area contributed by atoms with Crippen molar-refractivity contribution in [3.05, 3.63) is 35.6 Å². The molecule has 2 atom stereocenters. The van der Waals surface area contributed by atoms with Gasteiger partial charge in [-0.1, -0.05) is 26.8 Å². The van der Waals surface area contributed by atoms with Crippen LogP contribution in [-0.4, -0.2) is 42.5 Å². The molecule has 1 saturated heterocycles. The Morgan fingerprint density at radius 3 is 2.53 bits per heavy atom. The van der Waals surface area contributed by atoms with E-state index < -0.39 is 32.3 Å². The minimum Gasteiger partial charge on any atom is -0.472 e. The molecule has 3 heterocycles. The molecule has 0 aliphatic carbocycles. The molecule has 2 aromatic heterocycles. The van der Waals surface area contributed by atoms with Gasteiger partial charge in [-0.15, -0.1) is 0 Å².